The summed E-state index contributed by atoms with van der Waals surface area (Å²) in [5, 5.41) is 5.10. The number of alkyl halides is 1. The summed E-state index contributed by atoms with van der Waals surface area (Å²) in [7, 11) is 0. The van der Waals surface area contributed by atoms with Gasteiger partial charge in [-0.15, -0.1) is 11.3 Å². The summed E-state index contributed by atoms with van der Waals surface area (Å²) in [4.78, 5) is 0.856. The largest absolute Gasteiger partial charge is 0.311 e. The average molecular weight is 185 g/mol. The van der Waals surface area contributed by atoms with Crippen molar-refractivity contribution in [2.75, 3.05) is 6.54 Å². The third-order valence-electron chi connectivity index (χ3n) is 2.27. The van der Waals surface area contributed by atoms with Gasteiger partial charge in [0, 0.05) is 10.9 Å². The Balaban J connectivity index is 2.04. The van der Waals surface area contributed by atoms with Crippen LogP contribution in [0.25, 0.3) is 0 Å². The van der Waals surface area contributed by atoms with Gasteiger partial charge in [-0.25, -0.2) is 4.39 Å². The normalized spacial score (nSPS) is 25.9. The number of nitrogens with one attached hydrogen (secondary N) is 1. The lowest BCUT2D eigenvalue weighted by atomic mass is 10.1. The molecule has 0 aliphatic carbocycles. The summed E-state index contributed by atoms with van der Waals surface area (Å²) in [5.41, 5.74) is 0. The van der Waals surface area contributed by atoms with Crippen molar-refractivity contribution in [2.24, 2.45) is 0 Å². The van der Waals surface area contributed by atoms with Crippen molar-refractivity contribution in [1.29, 1.82) is 0 Å². The molecule has 2 unspecified atom stereocenters. The Bertz CT molecular complexity index is 229. The zero-order valence-electron chi connectivity index (χ0n) is 6.79. The van der Waals surface area contributed by atoms with E-state index in [0.717, 1.165) is 24.3 Å². The van der Waals surface area contributed by atoms with E-state index < -0.39 is 6.17 Å². The average Bonchev–Trinajstić information content (AvgIpc) is 2.77. The van der Waals surface area contributed by atoms with E-state index in [1.165, 1.54) is 11.3 Å². The van der Waals surface area contributed by atoms with Crippen LogP contribution in [0.15, 0.2) is 17.5 Å². The molecule has 1 nitrogen and oxygen atoms in total. The second kappa shape index (κ2) is 3.54. The molecule has 1 aliphatic rings. The predicted octanol–water partition coefficient (Wildman–Crippen LogP) is 2.51. The van der Waals surface area contributed by atoms with Gasteiger partial charge in [0.2, 0.25) is 0 Å². The summed E-state index contributed by atoms with van der Waals surface area (Å²) in [6.45, 7) is 0.969. The topological polar surface area (TPSA) is 12.0 Å². The molecule has 1 aliphatic heterocycles. The molecular formula is C9H12FNS. The first-order valence-corrected chi connectivity index (χ1v) is 5.17. The van der Waals surface area contributed by atoms with Crippen molar-refractivity contribution in [3.8, 4) is 0 Å². The van der Waals surface area contributed by atoms with E-state index in [1.807, 2.05) is 17.5 Å². The maximum absolute atomic E-state index is 13.6. The van der Waals surface area contributed by atoms with E-state index in [0.29, 0.717) is 0 Å². The van der Waals surface area contributed by atoms with Crippen LogP contribution in [0.5, 0.6) is 0 Å². The van der Waals surface area contributed by atoms with E-state index in [-0.39, 0.29) is 6.04 Å². The van der Waals surface area contributed by atoms with E-state index in [9.17, 15) is 4.39 Å². The molecular weight excluding hydrogens is 173 g/mol. The first kappa shape index (κ1) is 8.20. The van der Waals surface area contributed by atoms with Gasteiger partial charge in [0.25, 0.3) is 0 Å². The predicted molar refractivity (Wildman–Crippen MR) is 49.2 cm³/mol. The van der Waals surface area contributed by atoms with E-state index in [2.05, 4.69) is 5.32 Å². The Morgan fingerprint density at radius 2 is 2.58 bits per heavy atom. The summed E-state index contributed by atoms with van der Waals surface area (Å²) in [5.74, 6) is 0. The van der Waals surface area contributed by atoms with E-state index in [4.69, 9.17) is 0 Å². The Hall–Kier alpha value is -0.410. The monoisotopic (exact) mass is 185 g/mol. The van der Waals surface area contributed by atoms with Gasteiger partial charge >= 0.3 is 0 Å². The molecule has 1 N–H and O–H groups in total. The van der Waals surface area contributed by atoms with E-state index >= 15 is 0 Å². The molecule has 2 atom stereocenters. The molecule has 0 amide bonds. The fourth-order valence-electron chi connectivity index (χ4n) is 1.61. The van der Waals surface area contributed by atoms with Gasteiger partial charge in [-0.2, -0.15) is 0 Å². The Morgan fingerprint density at radius 3 is 3.17 bits per heavy atom. The van der Waals surface area contributed by atoms with Crippen LogP contribution >= 0.6 is 11.3 Å². The van der Waals surface area contributed by atoms with Crippen molar-refractivity contribution in [2.45, 2.75) is 25.1 Å². The van der Waals surface area contributed by atoms with Crippen molar-refractivity contribution in [1.82, 2.24) is 5.32 Å². The summed E-state index contributed by atoms with van der Waals surface area (Å²) >= 11 is 1.50. The Kier molecular flexibility index (Phi) is 2.42. The zero-order valence-corrected chi connectivity index (χ0v) is 7.61. The maximum atomic E-state index is 13.6. The van der Waals surface area contributed by atoms with Gasteiger partial charge in [-0.3, -0.25) is 0 Å². The van der Waals surface area contributed by atoms with Gasteiger partial charge in [0.15, 0.2) is 0 Å². The molecule has 12 heavy (non-hydrogen) atoms. The number of hydrogen-bond donors (Lipinski definition) is 1. The Labute approximate surface area is 75.6 Å². The van der Waals surface area contributed by atoms with Gasteiger partial charge in [0.1, 0.15) is 6.17 Å². The first-order valence-electron chi connectivity index (χ1n) is 4.29. The van der Waals surface area contributed by atoms with Gasteiger partial charge in [-0.05, 0) is 30.8 Å². The van der Waals surface area contributed by atoms with Crippen molar-refractivity contribution in [3.05, 3.63) is 22.4 Å². The molecule has 66 valence electrons. The highest BCUT2D eigenvalue weighted by molar-refractivity contribution is 7.10. The molecule has 0 saturated carbocycles. The number of hydrogen-bond acceptors (Lipinski definition) is 2. The highest BCUT2D eigenvalue weighted by Crippen LogP contribution is 2.29. The second-order valence-electron chi connectivity index (χ2n) is 3.12. The van der Waals surface area contributed by atoms with Crippen LogP contribution in [0.4, 0.5) is 4.39 Å². The summed E-state index contributed by atoms with van der Waals surface area (Å²) < 4.78 is 13.6. The second-order valence-corrected chi connectivity index (χ2v) is 4.10. The van der Waals surface area contributed by atoms with Crippen LogP contribution in [0.3, 0.4) is 0 Å². The quantitative estimate of drug-likeness (QED) is 0.746. The highest BCUT2D eigenvalue weighted by Gasteiger charge is 2.25. The number of rotatable bonds is 2. The van der Waals surface area contributed by atoms with Crippen LogP contribution in [-0.2, 0) is 0 Å². The van der Waals surface area contributed by atoms with Crippen LogP contribution < -0.4 is 5.32 Å². The lowest BCUT2D eigenvalue weighted by Crippen LogP contribution is -2.25. The van der Waals surface area contributed by atoms with Crippen LogP contribution in [0.2, 0.25) is 0 Å². The molecule has 1 saturated heterocycles. The fraction of sp³-hybridized carbons (Fsp3) is 0.556. The summed E-state index contributed by atoms with van der Waals surface area (Å²) in [6.07, 6.45) is 1.28. The number of halogens is 1. The zero-order chi connectivity index (χ0) is 8.39. The molecule has 0 spiro atoms. The molecule has 1 aromatic rings. The van der Waals surface area contributed by atoms with Gasteiger partial charge in [-0.1, -0.05) is 6.07 Å². The lowest BCUT2D eigenvalue weighted by molar-refractivity contribution is 0.276. The smallest absolute Gasteiger partial charge is 0.149 e. The highest BCUT2D eigenvalue weighted by atomic mass is 32.1. The molecule has 1 fully saturated rings. The van der Waals surface area contributed by atoms with Crippen LogP contribution in [0, 0.1) is 0 Å². The maximum Gasteiger partial charge on any atom is 0.149 e. The van der Waals surface area contributed by atoms with Crippen molar-refractivity contribution < 1.29 is 4.39 Å². The molecule has 3 heteroatoms. The third-order valence-corrected chi connectivity index (χ3v) is 3.19. The van der Waals surface area contributed by atoms with Crippen LogP contribution in [0.1, 0.15) is 23.9 Å². The van der Waals surface area contributed by atoms with Crippen molar-refractivity contribution in [3.63, 3.8) is 0 Å². The van der Waals surface area contributed by atoms with Gasteiger partial charge in [0.05, 0.1) is 0 Å². The molecule has 2 rings (SSSR count). The van der Waals surface area contributed by atoms with Crippen molar-refractivity contribution >= 4 is 11.3 Å². The molecule has 2 heterocycles. The minimum Gasteiger partial charge on any atom is -0.311 e. The molecule has 0 bridgehead atoms. The fourth-order valence-corrected chi connectivity index (χ4v) is 2.37. The third kappa shape index (κ3) is 1.52. The molecule has 0 radical (unpaired) electrons. The van der Waals surface area contributed by atoms with Crippen LogP contribution in [-0.4, -0.2) is 12.6 Å². The standard InChI is InChI=1S/C9H12FNS/c10-9(7-3-1-5-11-7)8-4-2-6-12-8/h2,4,6-7,9,11H,1,3,5H2. The SMILES string of the molecule is FC(c1cccs1)C1CCCN1. The Morgan fingerprint density at radius 1 is 1.67 bits per heavy atom. The molecule has 0 aromatic carbocycles. The number of thiophene rings is 1. The minimum absolute atomic E-state index is 0.0589. The first-order chi connectivity index (χ1) is 5.88. The lowest BCUT2D eigenvalue weighted by Gasteiger charge is -2.13. The molecule has 1 aromatic heterocycles. The minimum atomic E-state index is -0.799. The summed E-state index contributed by atoms with van der Waals surface area (Å²) in [6, 6.07) is 3.83. The van der Waals surface area contributed by atoms with Gasteiger partial charge < -0.3 is 5.32 Å². The van der Waals surface area contributed by atoms with E-state index in [1.54, 1.807) is 0 Å².